The van der Waals surface area contributed by atoms with Gasteiger partial charge in [0.25, 0.3) is 0 Å². The highest BCUT2D eigenvalue weighted by atomic mass is 32.2. The second-order valence-corrected chi connectivity index (χ2v) is 14.7. The monoisotopic (exact) mass is 597 g/mol. The molecule has 3 fully saturated rings. The molecular weight excluding hydrogens is 548 g/mol. The minimum absolute atomic E-state index is 0.0483. The summed E-state index contributed by atoms with van der Waals surface area (Å²) in [6.45, 7) is 10.3. The molecular formula is C30H49F2N5O3S. The van der Waals surface area contributed by atoms with Crippen LogP contribution in [-0.4, -0.2) is 99.3 Å². The molecule has 1 aromatic rings. The Labute approximate surface area is 245 Å². The van der Waals surface area contributed by atoms with Gasteiger partial charge < -0.3 is 20.4 Å². The molecule has 11 heteroatoms. The summed E-state index contributed by atoms with van der Waals surface area (Å²) >= 11 is 0. The number of nitrogens with zero attached hydrogens (tertiary/aromatic N) is 3. The van der Waals surface area contributed by atoms with Crippen LogP contribution < -0.4 is 10.6 Å². The average molecular weight is 598 g/mol. The lowest BCUT2D eigenvalue weighted by Gasteiger charge is -2.41. The second-order valence-electron chi connectivity index (χ2n) is 12.7. The summed E-state index contributed by atoms with van der Waals surface area (Å²) in [5, 5.41) is 6.63. The maximum absolute atomic E-state index is 14.2. The van der Waals surface area contributed by atoms with Crippen molar-refractivity contribution in [2.24, 2.45) is 11.8 Å². The van der Waals surface area contributed by atoms with Crippen molar-refractivity contribution >= 4 is 16.1 Å². The molecule has 0 saturated carbocycles. The lowest BCUT2D eigenvalue weighted by Crippen LogP contribution is -2.54. The van der Waals surface area contributed by atoms with Crippen molar-refractivity contribution in [2.45, 2.75) is 76.8 Å². The first-order valence-electron chi connectivity index (χ1n) is 15.4. The molecule has 8 nitrogen and oxygen atoms in total. The summed E-state index contributed by atoms with van der Waals surface area (Å²) in [5.74, 6) is -0.659. The first kappa shape index (κ1) is 32.1. The summed E-state index contributed by atoms with van der Waals surface area (Å²) < 4.78 is 54.0. The van der Waals surface area contributed by atoms with E-state index in [0.29, 0.717) is 37.4 Å². The lowest BCUT2D eigenvalue weighted by atomic mass is 9.78. The van der Waals surface area contributed by atoms with Crippen molar-refractivity contribution in [1.29, 1.82) is 0 Å². The number of piperidine rings is 3. The highest BCUT2D eigenvalue weighted by Gasteiger charge is 2.33. The van der Waals surface area contributed by atoms with Gasteiger partial charge in [-0.15, -0.1) is 0 Å². The van der Waals surface area contributed by atoms with Gasteiger partial charge in [-0.1, -0.05) is 13.8 Å². The average Bonchev–Trinajstić information content (AvgIpc) is 2.92. The van der Waals surface area contributed by atoms with Gasteiger partial charge in [-0.3, -0.25) is 0 Å². The fourth-order valence-electron chi connectivity index (χ4n) is 6.86. The summed E-state index contributed by atoms with van der Waals surface area (Å²) in [4.78, 5) is 17.8. The van der Waals surface area contributed by atoms with E-state index in [-0.39, 0.29) is 30.0 Å². The number of hydrogen-bond acceptors (Lipinski definition) is 5. The van der Waals surface area contributed by atoms with Gasteiger partial charge in [0.05, 0.1) is 6.26 Å². The van der Waals surface area contributed by atoms with E-state index in [0.717, 1.165) is 77.4 Å². The maximum Gasteiger partial charge on any atom is 0.317 e. The molecule has 2 N–H and O–H groups in total. The Morgan fingerprint density at radius 3 is 2.17 bits per heavy atom. The van der Waals surface area contributed by atoms with Gasteiger partial charge in [0, 0.05) is 50.9 Å². The number of nitrogens with one attached hydrogen (secondary N) is 2. The Bertz CT molecular complexity index is 1080. The zero-order chi connectivity index (χ0) is 29.6. The lowest BCUT2D eigenvalue weighted by molar-refractivity contribution is 0.107. The third-order valence-corrected chi connectivity index (χ3v) is 10.4. The first-order valence-corrected chi connectivity index (χ1v) is 17.3. The summed E-state index contributed by atoms with van der Waals surface area (Å²) in [6.07, 6.45) is 7.06. The predicted molar refractivity (Wildman–Crippen MR) is 158 cm³/mol. The van der Waals surface area contributed by atoms with Crippen molar-refractivity contribution in [3.63, 3.8) is 0 Å². The third-order valence-electron chi connectivity index (χ3n) is 9.09. The van der Waals surface area contributed by atoms with Crippen LogP contribution in [0.25, 0.3) is 0 Å². The SMILES string of the molecule is CC(C)CN(C(=O)NC1CCNCC1)C1CCN(CC[C@@H](c2cc(F)cc(F)c2)C2CCN(S(C)(=O)=O)CC2)CC1. The van der Waals surface area contributed by atoms with E-state index in [9.17, 15) is 22.0 Å². The summed E-state index contributed by atoms with van der Waals surface area (Å²) in [5.41, 5.74) is 0.660. The quantitative estimate of drug-likeness (QED) is 0.426. The van der Waals surface area contributed by atoms with Crippen LogP contribution in [0.1, 0.15) is 70.3 Å². The van der Waals surface area contributed by atoms with E-state index < -0.39 is 21.7 Å². The molecule has 3 heterocycles. The molecule has 0 radical (unpaired) electrons. The van der Waals surface area contributed by atoms with Crippen molar-refractivity contribution in [3.8, 4) is 0 Å². The number of sulfonamides is 1. The van der Waals surface area contributed by atoms with Crippen molar-refractivity contribution in [2.75, 3.05) is 58.6 Å². The molecule has 4 rings (SSSR count). The smallest absolute Gasteiger partial charge is 0.317 e. The Morgan fingerprint density at radius 1 is 1.00 bits per heavy atom. The molecule has 0 spiro atoms. The molecule has 1 atom stereocenters. The standard InChI is InChI=1S/C30H49F2N5O3S/c1-22(2)21-37(30(38)34-27-4-11-33-12-5-27)28-8-13-35(14-9-28)15-10-29(24-18-25(31)20-26(32)19-24)23-6-16-36(17-7-23)41(3,39)40/h18-20,22-23,27-29,33H,4-17,21H2,1-3H3,(H,34,38)/t29-/m1/s1. The van der Waals surface area contributed by atoms with Crippen molar-refractivity contribution in [3.05, 3.63) is 35.4 Å². The Hall–Kier alpha value is -1.82. The Kier molecular flexibility index (Phi) is 11.4. The Balaban J connectivity index is 1.36. The number of rotatable bonds is 10. The second kappa shape index (κ2) is 14.6. The van der Waals surface area contributed by atoms with Crippen molar-refractivity contribution in [1.82, 2.24) is 24.7 Å². The van der Waals surface area contributed by atoms with Gasteiger partial charge in [0.15, 0.2) is 0 Å². The molecule has 0 aromatic heterocycles. The molecule has 0 unspecified atom stereocenters. The van der Waals surface area contributed by atoms with Crippen molar-refractivity contribution < 1.29 is 22.0 Å². The van der Waals surface area contributed by atoms with Gasteiger partial charge in [0.1, 0.15) is 11.6 Å². The molecule has 0 bridgehead atoms. The predicted octanol–water partition coefficient (Wildman–Crippen LogP) is 3.99. The molecule has 232 valence electrons. The molecule has 3 aliphatic rings. The zero-order valence-electron chi connectivity index (χ0n) is 25.0. The first-order chi connectivity index (χ1) is 19.5. The molecule has 0 aliphatic carbocycles. The fourth-order valence-corrected chi connectivity index (χ4v) is 7.74. The van der Waals surface area contributed by atoms with Crippen LogP contribution in [0.2, 0.25) is 0 Å². The van der Waals surface area contributed by atoms with Crippen LogP contribution in [0.5, 0.6) is 0 Å². The minimum atomic E-state index is -3.25. The van der Waals surface area contributed by atoms with Gasteiger partial charge in [-0.25, -0.2) is 26.3 Å². The topological polar surface area (TPSA) is 85.0 Å². The zero-order valence-corrected chi connectivity index (χ0v) is 25.8. The fraction of sp³-hybridized carbons (Fsp3) is 0.767. The van der Waals surface area contributed by atoms with Gasteiger partial charge in [-0.05, 0) is 100 Å². The van der Waals surface area contributed by atoms with Crippen LogP contribution in [0.15, 0.2) is 18.2 Å². The summed E-state index contributed by atoms with van der Waals surface area (Å²) in [7, 11) is -3.25. The number of benzene rings is 1. The highest BCUT2D eigenvalue weighted by Crippen LogP contribution is 2.37. The van der Waals surface area contributed by atoms with E-state index in [2.05, 4.69) is 34.3 Å². The number of urea groups is 1. The third kappa shape index (κ3) is 9.33. The van der Waals surface area contributed by atoms with Gasteiger partial charge in [-0.2, -0.15) is 0 Å². The number of hydrogen-bond donors (Lipinski definition) is 2. The number of carbonyl (C=O) groups is 1. The summed E-state index contributed by atoms with van der Waals surface area (Å²) in [6, 6.07) is 4.26. The number of amides is 2. The molecule has 1 aromatic carbocycles. The van der Waals surface area contributed by atoms with E-state index in [1.807, 2.05) is 0 Å². The van der Waals surface area contributed by atoms with Crippen LogP contribution in [-0.2, 0) is 10.0 Å². The molecule has 3 aliphatic heterocycles. The largest absolute Gasteiger partial charge is 0.335 e. The minimum Gasteiger partial charge on any atom is -0.335 e. The normalized spacial score (nSPS) is 21.7. The van der Waals surface area contributed by atoms with Gasteiger partial charge in [0.2, 0.25) is 10.0 Å². The van der Waals surface area contributed by atoms with E-state index in [1.165, 1.54) is 22.7 Å². The van der Waals surface area contributed by atoms with E-state index in [1.54, 1.807) is 0 Å². The van der Waals surface area contributed by atoms with Crippen LogP contribution >= 0.6 is 0 Å². The highest BCUT2D eigenvalue weighted by molar-refractivity contribution is 7.88. The molecule has 41 heavy (non-hydrogen) atoms. The number of halogens is 2. The molecule has 2 amide bonds. The van der Waals surface area contributed by atoms with Crippen LogP contribution in [0, 0.1) is 23.5 Å². The van der Waals surface area contributed by atoms with E-state index in [4.69, 9.17) is 0 Å². The maximum atomic E-state index is 14.2. The number of likely N-dealkylation sites (tertiary alicyclic amines) is 1. The van der Waals surface area contributed by atoms with E-state index >= 15 is 0 Å². The molecule has 3 saturated heterocycles. The van der Waals surface area contributed by atoms with Crippen LogP contribution in [0.4, 0.5) is 13.6 Å². The van der Waals surface area contributed by atoms with Gasteiger partial charge >= 0.3 is 6.03 Å². The number of carbonyl (C=O) groups excluding carboxylic acids is 1. The Morgan fingerprint density at radius 2 is 1.61 bits per heavy atom. The van der Waals surface area contributed by atoms with Crippen LogP contribution in [0.3, 0.4) is 0 Å².